The zero-order chi connectivity index (χ0) is 17.9. The van der Waals surface area contributed by atoms with E-state index in [-0.39, 0.29) is 23.1 Å². The van der Waals surface area contributed by atoms with Gasteiger partial charge in [-0.3, -0.25) is 4.79 Å². The molecule has 1 N–H and O–H groups in total. The van der Waals surface area contributed by atoms with Crippen molar-refractivity contribution < 1.29 is 27.1 Å². The van der Waals surface area contributed by atoms with Crippen LogP contribution in [0.5, 0.6) is 11.5 Å². The predicted octanol–water partition coefficient (Wildman–Crippen LogP) is 1.92. The normalized spacial score (nSPS) is 14.8. The van der Waals surface area contributed by atoms with E-state index in [1.165, 1.54) is 18.4 Å². The van der Waals surface area contributed by atoms with Crippen LogP contribution in [0.25, 0.3) is 0 Å². The SMILES string of the molecule is O=C(CCl)NC[C@@H](c1ccco1)S(=O)(=O)c1ccc2c(c1)OCCO2. The number of hydrogen-bond donors (Lipinski definition) is 1. The quantitative estimate of drug-likeness (QED) is 0.763. The Hall–Kier alpha value is -2.19. The number of sulfone groups is 1. The van der Waals surface area contributed by atoms with Crippen LogP contribution in [-0.2, 0) is 14.6 Å². The van der Waals surface area contributed by atoms with Crippen molar-refractivity contribution in [1.29, 1.82) is 0 Å². The fourth-order valence-electron chi connectivity index (χ4n) is 2.46. The lowest BCUT2D eigenvalue weighted by Gasteiger charge is -2.20. The first kappa shape index (κ1) is 17.6. The molecule has 0 saturated heterocycles. The van der Waals surface area contributed by atoms with Gasteiger partial charge in [-0.1, -0.05) is 0 Å². The van der Waals surface area contributed by atoms with E-state index in [1.54, 1.807) is 18.2 Å². The van der Waals surface area contributed by atoms with Gasteiger partial charge in [-0.25, -0.2) is 8.42 Å². The van der Waals surface area contributed by atoms with Crippen molar-refractivity contribution >= 4 is 27.3 Å². The molecule has 1 aromatic heterocycles. The van der Waals surface area contributed by atoms with Crippen LogP contribution in [0.1, 0.15) is 11.0 Å². The van der Waals surface area contributed by atoms with Crippen molar-refractivity contribution in [3.63, 3.8) is 0 Å². The number of halogens is 1. The molecule has 7 nitrogen and oxygen atoms in total. The average Bonchev–Trinajstić information content (AvgIpc) is 3.15. The highest BCUT2D eigenvalue weighted by Gasteiger charge is 2.32. The highest BCUT2D eigenvalue weighted by atomic mass is 35.5. The van der Waals surface area contributed by atoms with Crippen LogP contribution in [-0.4, -0.2) is 40.0 Å². The molecule has 9 heteroatoms. The Morgan fingerprint density at radius 2 is 1.96 bits per heavy atom. The topological polar surface area (TPSA) is 94.8 Å². The Morgan fingerprint density at radius 1 is 1.20 bits per heavy atom. The first-order valence-corrected chi connectivity index (χ1v) is 9.60. The van der Waals surface area contributed by atoms with Gasteiger partial charge in [0.1, 0.15) is 30.1 Å². The number of alkyl halides is 1. The van der Waals surface area contributed by atoms with E-state index in [0.717, 1.165) is 0 Å². The summed E-state index contributed by atoms with van der Waals surface area (Å²) in [6, 6.07) is 7.56. The summed E-state index contributed by atoms with van der Waals surface area (Å²) in [6.45, 7) is 0.609. The number of carbonyl (C=O) groups is 1. The molecule has 134 valence electrons. The maximum atomic E-state index is 13.1. The van der Waals surface area contributed by atoms with Crippen LogP contribution < -0.4 is 14.8 Å². The van der Waals surface area contributed by atoms with Gasteiger partial charge in [0.05, 0.1) is 11.2 Å². The largest absolute Gasteiger partial charge is 0.486 e. The van der Waals surface area contributed by atoms with E-state index in [0.29, 0.717) is 24.7 Å². The third-order valence-corrected chi connectivity index (χ3v) is 5.99. The lowest BCUT2D eigenvalue weighted by atomic mass is 10.3. The van der Waals surface area contributed by atoms with Crippen molar-refractivity contribution in [3.8, 4) is 11.5 Å². The summed E-state index contributed by atoms with van der Waals surface area (Å²) in [7, 11) is -3.85. The molecule has 1 aliphatic heterocycles. The first-order valence-electron chi connectivity index (χ1n) is 7.52. The van der Waals surface area contributed by atoms with Crippen LogP contribution in [0.4, 0.5) is 0 Å². The summed E-state index contributed by atoms with van der Waals surface area (Å²) < 4.78 is 42.3. The van der Waals surface area contributed by atoms with Crippen molar-refractivity contribution in [2.45, 2.75) is 10.1 Å². The van der Waals surface area contributed by atoms with Gasteiger partial charge < -0.3 is 19.2 Å². The molecule has 0 aliphatic carbocycles. The monoisotopic (exact) mass is 385 g/mol. The molecule has 0 radical (unpaired) electrons. The summed E-state index contributed by atoms with van der Waals surface area (Å²) in [5.41, 5.74) is 0. The van der Waals surface area contributed by atoms with Gasteiger partial charge in [0.25, 0.3) is 0 Å². The summed E-state index contributed by atoms with van der Waals surface area (Å²) in [5.74, 6) is 0.375. The lowest BCUT2D eigenvalue weighted by molar-refractivity contribution is -0.118. The second-order valence-corrected chi connectivity index (χ2v) is 7.69. The third kappa shape index (κ3) is 3.74. The van der Waals surface area contributed by atoms with Gasteiger partial charge in [0.15, 0.2) is 21.3 Å². The lowest BCUT2D eigenvalue weighted by Crippen LogP contribution is -2.32. The van der Waals surface area contributed by atoms with Crippen LogP contribution in [0.2, 0.25) is 0 Å². The molecule has 1 atom stereocenters. The van der Waals surface area contributed by atoms with Crippen LogP contribution in [0, 0.1) is 0 Å². The predicted molar refractivity (Wildman–Crippen MR) is 89.8 cm³/mol. The third-order valence-electron chi connectivity index (χ3n) is 3.68. The number of amides is 1. The summed E-state index contributed by atoms with van der Waals surface area (Å²) in [5, 5.41) is 1.41. The minimum atomic E-state index is -3.85. The van der Waals surface area contributed by atoms with E-state index in [4.69, 9.17) is 25.5 Å². The number of carbonyl (C=O) groups excluding carboxylic acids is 1. The molecule has 1 amide bonds. The molecule has 0 saturated carbocycles. The number of benzene rings is 1. The van der Waals surface area contributed by atoms with Gasteiger partial charge in [0, 0.05) is 12.6 Å². The second-order valence-electron chi connectivity index (χ2n) is 5.29. The average molecular weight is 386 g/mol. The maximum absolute atomic E-state index is 13.1. The standard InChI is InChI=1S/C16H16ClNO6S/c17-9-16(19)18-10-15(13-2-1-5-22-13)25(20,21)11-3-4-12-14(8-11)24-7-6-23-12/h1-5,8,15H,6-7,9-10H2,(H,18,19)/t15-/m0/s1. The Balaban J connectivity index is 1.94. The Bertz CT molecular complexity index is 850. The Kier molecular flexibility index (Phi) is 5.19. The zero-order valence-electron chi connectivity index (χ0n) is 13.1. The van der Waals surface area contributed by atoms with Gasteiger partial charge in [0.2, 0.25) is 5.91 Å². The fraction of sp³-hybridized carbons (Fsp3) is 0.312. The molecule has 2 aromatic rings. The Morgan fingerprint density at radius 3 is 2.64 bits per heavy atom. The van der Waals surface area contributed by atoms with Crippen molar-refractivity contribution in [3.05, 3.63) is 42.4 Å². The zero-order valence-corrected chi connectivity index (χ0v) is 14.7. The van der Waals surface area contributed by atoms with Crippen molar-refractivity contribution in [2.75, 3.05) is 25.6 Å². The fourth-order valence-corrected chi connectivity index (χ4v) is 4.15. The van der Waals surface area contributed by atoms with Gasteiger partial charge in [-0.15, -0.1) is 11.6 Å². The molecule has 25 heavy (non-hydrogen) atoms. The van der Waals surface area contributed by atoms with E-state index < -0.39 is 21.0 Å². The van der Waals surface area contributed by atoms with Gasteiger partial charge >= 0.3 is 0 Å². The van der Waals surface area contributed by atoms with Gasteiger partial charge in [-0.2, -0.15) is 0 Å². The number of nitrogens with one attached hydrogen (secondary N) is 1. The van der Waals surface area contributed by atoms with E-state index in [9.17, 15) is 13.2 Å². The second kappa shape index (κ2) is 7.37. The van der Waals surface area contributed by atoms with Gasteiger partial charge in [-0.05, 0) is 24.3 Å². The highest BCUT2D eigenvalue weighted by molar-refractivity contribution is 7.91. The molecule has 0 unspecified atom stereocenters. The highest BCUT2D eigenvalue weighted by Crippen LogP contribution is 2.36. The van der Waals surface area contributed by atoms with Crippen LogP contribution >= 0.6 is 11.6 Å². The Labute approximate surface area is 149 Å². The molecule has 0 bridgehead atoms. The number of furan rings is 1. The van der Waals surface area contributed by atoms with Crippen molar-refractivity contribution in [1.82, 2.24) is 5.32 Å². The molecule has 0 spiro atoms. The first-order chi connectivity index (χ1) is 12.0. The van der Waals surface area contributed by atoms with Crippen LogP contribution in [0.3, 0.4) is 0 Å². The van der Waals surface area contributed by atoms with E-state index in [1.807, 2.05) is 0 Å². The van der Waals surface area contributed by atoms with E-state index >= 15 is 0 Å². The molecular formula is C16H16ClNO6S. The minimum absolute atomic E-state index is 0.0540. The van der Waals surface area contributed by atoms with Crippen molar-refractivity contribution in [2.24, 2.45) is 0 Å². The number of fused-ring (bicyclic) bond motifs is 1. The summed E-state index contributed by atoms with van der Waals surface area (Å²) in [6.07, 6.45) is 1.38. The molecule has 2 heterocycles. The maximum Gasteiger partial charge on any atom is 0.234 e. The molecule has 0 fully saturated rings. The summed E-state index contributed by atoms with van der Waals surface area (Å²) in [4.78, 5) is 11.5. The van der Waals surface area contributed by atoms with Crippen LogP contribution in [0.15, 0.2) is 45.9 Å². The van der Waals surface area contributed by atoms with E-state index in [2.05, 4.69) is 5.32 Å². The summed E-state index contributed by atoms with van der Waals surface area (Å²) >= 11 is 5.46. The molecular weight excluding hydrogens is 370 g/mol. The minimum Gasteiger partial charge on any atom is -0.486 e. The molecule has 1 aliphatic rings. The number of ether oxygens (including phenoxy) is 2. The molecule has 1 aromatic carbocycles. The smallest absolute Gasteiger partial charge is 0.234 e. The number of hydrogen-bond acceptors (Lipinski definition) is 6. The molecule has 3 rings (SSSR count). The number of rotatable bonds is 6.